The fourth-order valence-corrected chi connectivity index (χ4v) is 5.33. The Kier molecular flexibility index (Phi) is 12.4. The number of rotatable bonds is 16. The van der Waals surface area contributed by atoms with Crippen molar-refractivity contribution in [3.05, 3.63) is 28.3 Å². The lowest BCUT2D eigenvalue weighted by Crippen LogP contribution is -2.37. The Morgan fingerprint density at radius 2 is 1.33 bits per heavy atom. The molecule has 0 aromatic heterocycles. The molecule has 1 heterocycles. The zero-order valence-electron chi connectivity index (χ0n) is 22.5. The topological polar surface area (TPSA) is 29.5 Å². The molecule has 2 heteroatoms. The first-order chi connectivity index (χ1) is 15.9. The van der Waals surface area contributed by atoms with Crippen LogP contribution >= 0.6 is 0 Å². The molecular formula is C31H52O2. The van der Waals surface area contributed by atoms with E-state index >= 15 is 0 Å². The summed E-state index contributed by atoms with van der Waals surface area (Å²) in [6, 6.07) is 0. The van der Waals surface area contributed by atoms with Crippen molar-refractivity contribution >= 4 is 6.08 Å². The third-order valence-electron chi connectivity index (χ3n) is 7.76. The van der Waals surface area contributed by atoms with E-state index < -0.39 is 0 Å². The Balaban J connectivity index is 1.64. The number of phenols is 1. The molecule has 0 aliphatic carbocycles. The molecule has 0 saturated heterocycles. The third-order valence-corrected chi connectivity index (χ3v) is 7.76. The highest BCUT2D eigenvalue weighted by Gasteiger charge is 2.34. The molecule has 33 heavy (non-hydrogen) atoms. The van der Waals surface area contributed by atoms with E-state index in [0.717, 1.165) is 41.7 Å². The van der Waals surface area contributed by atoms with Crippen molar-refractivity contribution in [2.75, 3.05) is 0 Å². The van der Waals surface area contributed by atoms with Crippen molar-refractivity contribution in [1.82, 2.24) is 0 Å². The van der Waals surface area contributed by atoms with Crippen LogP contribution in [0, 0.1) is 13.8 Å². The molecule has 0 fully saturated rings. The SMILES string of the molecule is C/C=C/c1c(O)c(C)c(C)c2c1CCC(C)(CCCCCCCCCCCCCCCC)O2. The van der Waals surface area contributed by atoms with E-state index in [2.05, 4.69) is 20.8 Å². The van der Waals surface area contributed by atoms with Gasteiger partial charge in [0.2, 0.25) is 0 Å². The second-order valence-electron chi connectivity index (χ2n) is 10.7. The van der Waals surface area contributed by atoms with E-state index in [4.69, 9.17) is 4.74 Å². The summed E-state index contributed by atoms with van der Waals surface area (Å²) in [5.41, 5.74) is 4.11. The lowest BCUT2D eigenvalue weighted by atomic mass is 9.84. The Bertz CT molecular complexity index is 733. The van der Waals surface area contributed by atoms with Gasteiger partial charge in [0.1, 0.15) is 17.1 Å². The predicted molar refractivity (Wildman–Crippen MR) is 145 cm³/mol. The maximum Gasteiger partial charge on any atom is 0.127 e. The van der Waals surface area contributed by atoms with Crippen molar-refractivity contribution in [2.24, 2.45) is 0 Å². The number of hydrogen-bond donors (Lipinski definition) is 1. The number of hydrogen-bond acceptors (Lipinski definition) is 2. The summed E-state index contributed by atoms with van der Waals surface area (Å²) < 4.78 is 6.64. The van der Waals surface area contributed by atoms with E-state index in [0.29, 0.717) is 5.75 Å². The first kappa shape index (κ1) is 27.8. The molecule has 2 nitrogen and oxygen atoms in total. The van der Waals surface area contributed by atoms with E-state index in [-0.39, 0.29) is 5.60 Å². The summed E-state index contributed by atoms with van der Waals surface area (Å²) in [6.45, 7) is 10.7. The monoisotopic (exact) mass is 456 g/mol. The highest BCUT2D eigenvalue weighted by atomic mass is 16.5. The number of ether oxygens (including phenoxy) is 1. The van der Waals surface area contributed by atoms with Crippen LogP contribution in [-0.4, -0.2) is 10.7 Å². The van der Waals surface area contributed by atoms with E-state index in [1.807, 2.05) is 26.0 Å². The first-order valence-corrected chi connectivity index (χ1v) is 14.1. The van der Waals surface area contributed by atoms with Gasteiger partial charge >= 0.3 is 0 Å². The Labute approximate surface area is 205 Å². The fourth-order valence-electron chi connectivity index (χ4n) is 5.33. The van der Waals surface area contributed by atoms with Crippen LogP contribution in [0.1, 0.15) is 146 Å². The molecule has 1 aliphatic heterocycles. The molecular weight excluding hydrogens is 404 g/mol. The highest BCUT2D eigenvalue weighted by Crippen LogP contribution is 2.45. The van der Waals surface area contributed by atoms with E-state index in [1.165, 1.54) is 95.5 Å². The lowest BCUT2D eigenvalue weighted by molar-refractivity contribution is 0.0523. The zero-order chi connectivity index (χ0) is 24.1. The minimum Gasteiger partial charge on any atom is -0.507 e. The Hall–Kier alpha value is -1.44. The van der Waals surface area contributed by atoms with Gasteiger partial charge in [0, 0.05) is 11.1 Å². The highest BCUT2D eigenvalue weighted by molar-refractivity contribution is 5.69. The first-order valence-electron chi connectivity index (χ1n) is 14.1. The quantitative estimate of drug-likeness (QED) is 0.251. The van der Waals surface area contributed by atoms with Crippen LogP contribution in [0.25, 0.3) is 6.08 Å². The van der Waals surface area contributed by atoms with Crippen LogP contribution in [0.2, 0.25) is 0 Å². The van der Waals surface area contributed by atoms with Crippen LogP contribution in [0.5, 0.6) is 11.5 Å². The van der Waals surface area contributed by atoms with Gasteiger partial charge in [0.25, 0.3) is 0 Å². The van der Waals surface area contributed by atoms with Crippen molar-refractivity contribution in [3.8, 4) is 11.5 Å². The van der Waals surface area contributed by atoms with Crippen molar-refractivity contribution < 1.29 is 9.84 Å². The van der Waals surface area contributed by atoms with Gasteiger partial charge in [-0.3, -0.25) is 0 Å². The molecule has 0 radical (unpaired) electrons. The van der Waals surface area contributed by atoms with Gasteiger partial charge in [-0.1, -0.05) is 103 Å². The maximum absolute atomic E-state index is 10.6. The Morgan fingerprint density at radius 1 is 0.818 bits per heavy atom. The van der Waals surface area contributed by atoms with E-state index in [9.17, 15) is 5.11 Å². The minimum atomic E-state index is -0.0779. The molecule has 1 aromatic rings. The number of benzene rings is 1. The van der Waals surface area contributed by atoms with Gasteiger partial charge in [-0.25, -0.2) is 0 Å². The second-order valence-corrected chi connectivity index (χ2v) is 10.7. The van der Waals surface area contributed by atoms with Gasteiger partial charge in [0.15, 0.2) is 0 Å². The maximum atomic E-state index is 10.6. The third kappa shape index (κ3) is 8.69. The van der Waals surface area contributed by atoms with Gasteiger partial charge < -0.3 is 9.84 Å². The molecule has 2 rings (SSSR count). The average molecular weight is 457 g/mol. The Morgan fingerprint density at radius 3 is 1.85 bits per heavy atom. The van der Waals surface area contributed by atoms with Crippen LogP contribution < -0.4 is 4.74 Å². The van der Waals surface area contributed by atoms with Crippen molar-refractivity contribution in [2.45, 2.75) is 149 Å². The second kappa shape index (κ2) is 14.7. The summed E-state index contributed by atoms with van der Waals surface area (Å²) in [5.74, 6) is 1.45. The molecule has 1 atom stereocenters. The number of unbranched alkanes of at least 4 members (excludes halogenated alkanes) is 13. The summed E-state index contributed by atoms with van der Waals surface area (Å²) in [7, 11) is 0. The van der Waals surface area contributed by atoms with Crippen molar-refractivity contribution in [1.29, 1.82) is 0 Å². The van der Waals surface area contributed by atoms with Crippen LogP contribution in [0.4, 0.5) is 0 Å². The largest absolute Gasteiger partial charge is 0.507 e. The van der Waals surface area contributed by atoms with Gasteiger partial charge in [-0.15, -0.1) is 0 Å². The summed E-state index contributed by atoms with van der Waals surface area (Å²) in [6.07, 6.45) is 26.8. The van der Waals surface area contributed by atoms with Gasteiger partial charge in [-0.05, 0) is 64.5 Å². The van der Waals surface area contributed by atoms with Gasteiger partial charge in [0.05, 0.1) is 0 Å². The molecule has 188 valence electrons. The lowest BCUT2D eigenvalue weighted by Gasteiger charge is -2.38. The minimum absolute atomic E-state index is 0.0779. The molecule has 0 saturated carbocycles. The summed E-state index contributed by atoms with van der Waals surface area (Å²) in [4.78, 5) is 0. The smallest absolute Gasteiger partial charge is 0.127 e. The average Bonchev–Trinajstić information content (AvgIpc) is 2.81. The molecule has 1 aromatic carbocycles. The normalized spacial score (nSPS) is 18.0. The number of allylic oxidation sites excluding steroid dienone is 1. The fraction of sp³-hybridized carbons (Fsp3) is 0.742. The number of phenolic OH excluding ortho intramolecular Hbond substituents is 1. The molecule has 0 bridgehead atoms. The summed E-state index contributed by atoms with van der Waals surface area (Å²) in [5, 5.41) is 10.6. The van der Waals surface area contributed by atoms with E-state index in [1.54, 1.807) is 0 Å². The molecule has 0 amide bonds. The number of fused-ring (bicyclic) bond motifs is 1. The standard InChI is InChI=1S/C31H52O2/c1-6-8-9-10-11-12-13-14-15-16-17-18-19-20-23-31(5)24-22-28-27(21-7-2)29(32)25(3)26(4)30(28)33-31/h7,21,32H,6,8-20,22-24H2,1-5H3/b21-7+. The van der Waals surface area contributed by atoms with Gasteiger partial charge in [-0.2, -0.15) is 0 Å². The predicted octanol–water partition coefficient (Wildman–Crippen LogP) is 10.00. The molecule has 1 unspecified atom stereocenters. The molecule has 1 N–H and O–H groups in total. The van der Waals surface area contributed by atoms with Crippen LogP contribution in [0.3, 0.4) is 0 Å². The molecule has 1 aliphatic rings. The van der Waals surface area contributed by atoms with Crippen LogP contribution in [0.15, 0.2) is 6.08 Å². The summed E-state index contributed by atoms with van der Waals surface area (Å²) >= 11 is 0. The zero-order valence-corrected chi connectivity index (χ0v) is 22.5. The van der Waals surface area contributed by atoms with Crippen molar-refractivity contribution in [3.63, 3.8) is 0 Å². The number of aromatic hydroxyl groups is 1. The molecule has 0 spiro atoms. The van der Waals surface area contributed by atoms with Crippen LogP contribution in [-0.2, 0) is 6.42 Å².